The maximum atomic E-state index is 12.1. The van der Waals surface area contributed by atoms with E-state index in [0.717, 1.165) is 31.2 Å². The molecule has 0 aliphatic carbocycles. The number of nitro benzene ring substituents is 1. The molecule has 1 atom stereocenters. The maximum Gasteiger partial charge on any atom is 0.345 e. The number of ketones is 1. The van der Waals surface area contributed by atoms with Crippen molar-refractivity contribution >= 4 is 27.6 Å². The monoisotopic (exact) mass is 359 g/mol. The van der Waals surface area contributed by atoms with E-state index < -0.39 is 43.4 Å². The molecule has 1 aromatic rings. The molecule has 0 heterocycles. The Hall–Kier alpha value is -2.33. The first-order valence-corrected chi connectivity index (χ1v) is 8.15. The van der Waals surface area contributed by atoms with E-state index in [-0.39, 0.29) is 5.69 Å². The Morgan fingerprint density at radius 3 is 2.04 bits per heavy atom. The average Bonchev–Trinajstić information content (AvgIpc) is 2.42. The molecule has 0 N–H and O–H groups in total. The van der Waals surface area contributed by atoms with Gasteiger partial charge in [-0.15, -0.1) is 0 Å². The second kappa shape index (κ2) is 7.05. The van der Waals surface area contributed by atoms with Gasteiger partial charge in [-0.2, -0.15) is 8.42 Å². The Kier molecular flexibility index (Phi) is 5.80. The summed E-state index contributed by atoms with van der Waals surface area (Å²) in [7, 11) is -4.49. The molecule has 0 amide bonds. The molecule has 0 radical (unpaired) electrons. The Balaban J connectivity index is 3.06. The van der Waals surface area contributed by atoms with Crippen LogP contribution in [0.15, 0.2) is 29.2 Å². The van der Waals surface area contributed by atoms with Gasteiger partial charge in [0.05, 0.1) is 9.82 Å². The minimum absolute atomic E-state index is 0.316. The molecule has 0 saturated carbocycles. The van der Waals surface area contributed by atoms with E-state index >= 15 is 0 Å². The number of hydrogen-bond donors (Lipinski definition) is 0. The molecule has 1 rings (SSSR count). The van der Waals surface area contributed by atoms with Crippen molar-refractivity contribution in [2.75, 3.05) is 0 Å². The topological polar surface area (TPSA) is 130 Å². The van der Waals surface area contributed by atoms with Crippen LogP contribution in [0.25, 0.3) is 0 Å². The molecule has 24 heavy (non-hydrogen) atoms. The molecular formula is C14H17NO8S. The third kappa shape index (κ3) is 5.39. The Labute approximate surface area is 138 Å². The first-order chi connectivity index (χ1) is 10.8. The third-order valence-electron chi connectivity index (χ3n) is 2.55. The van der Waals surface area contributed by atoms with Crippen LogP contribution in [0.2, 0.25) is 0 Å². The van der Waals surface area contributed by atoms with Gasteiger partial charge in [-0.25, -0.2) is 8.98 Å². The van der Waals surface area contributed by atoms with E-state index in [1.54, 1.807) is 20.8 Å². The predicted octanol–water partition coefficient (Wildman–Crippen LogP) is 1.60. The van der Waals surface area contributed by atoms with Gasteiger partial charge in [0.2, 0.25) is 6.10 Å². The van der Waals surface area contributed by atoms with Crippen molar-refractivity contribution in [3.05, 3.63) is 34.4 Å². The van der Waals surface area contributed by atoms with E-state index in [2.05, 4.69) is 4.18 Å². The minimum atomic E-state index is -4.49. The van der Waals surface area contributed by atoms with Gasteiger partial charge in [0, 0.05) is 12.1 Å². The number of ether oxygens (including phenoxy) is 1. The highest BCUT2D eigenvalue weighted by Gasteiger charge is 2.35. The van der Waals surface area contributed by atoms with E-state index in [0.29, 0.717) is 0 Å². The second-order valence-electron chi connectivity index (χ2n) is 5.83. The number of esters is 1. The lowest BCUT2D eigenvalue weighted by molar-refractivity contribution is -0.384. The highest BCUT2D eigenvalue weighted by molar-refractivity contribution is 7.86. The Morgan fingerprint density at radius 1 is 1.17 bits per heavy atom. The van der Waals surface area contributed by atoms with Crippen LogP contribution >= 0.6 is 0 Å². The number of non-ortho nitro benzene ring substituents is 1. The number of hydrogen-bond acceptors (Lipinski definition) is 8. The van der Waals surface area contributed by atoms with Crippen LogP contribution in [0.1, 0.15) is 27.7 Å². The third-order valence-corrected chi connectivity index (χ3v) is 3.84. The molecule has 0 bridgehead atoms. The fraction of sp³-hybridized carbons (Fsp3) is 0.429. The van der Waals surface area contributed by atoms with Crippen molar-refractivity contribution in [2.24, 2.45) is 0 Å². The van der Waals surface area contributed by atoms with Crippen molar-refractivity contribution in [1.82, 2.24) is 0 Å². The molecular weight excluding hydrogens is 342 g/mol. The normalized spacial score (nSPS) is 13.2. The van der Waals surface area contributed by atoms with Crippen molar-refractivity contribution < 1.29 is 31.9 Å². The van der Waals surface area contributed by atoms with Crippen molar-refractivity contribution in [3.63, 3.8) is 0 Å². The van der Waals surface area contributed by atoms with Gasteiger partial charge in [-0.3, -0.25) is 14.9 Å². The second-order valence-corrected chi connectivity index (χ2v) is 7.40. The molecule has 1 unspecified atom stereocenters. The summed E-state index contributed by atoms with van der Waals surface area (Å²) in [5.41, 5.74) is -1.25. The smallest absolute Gasteiger partial charge is 0.345 e. The van der Waals surface area contributed by atoms with Gasteiger partial charge in [0.15, 0.2) is 5.78 Å². The zero-order valence-corrected chi connectivity index (χ0v) is 14.3. The van der Waals surface area contributed by atoms with Crippen LogP contribution in [-0.4, -0.2) is 36.8 Å². The first-order valence-electron chi connectivity index (χ1n) is 6.74. The number of rotatable bonds is 6. The summed E-state index contributed by atoms with van der Waals surface area (Å²) in [5, 5.41) is 10.6. The molecule has 0 aliphatic rings. The molecule has 0 aromatic heterocycles. The highest BCUT2D eigenvalue weighted by Crippen LogP contribution is 2.20. The van der Waals surface area contributed by atoms with Gasteiger partial charge in [0.25, 0.3) is 15.8 Å². The van der Waals surface area contributed by atoms with Crippen LogP contribution in [0.5, 0.6) is 0 Å². The van der Waals surface area contributed by atoms with Crippen LogP contribution in [0.3, 0.4) is 0 Å². The number of benzene rings is 1. The quantitative estimate of drug-likeness (QED) is 0.246. The van der Waals surface area contributed by atoms with Gasteiger partial charge in [0.1, 0.15) is 5.60 Å². The molecule has 9 nitrogen and oxygen atoms in total. The minimum Gasteiger partial charge on any atom is -0.458 e. The predicted molar refractivity (Wildman–Crippen MR) is 81.7 cm³/mol. The van der Waals surface area contributed by atoms with Crippen LogP contribution in [0.4, 0.5) is 5.69 Å². The molecule has 10 heteroatoms. The number of Topliss-reactive ketones (excluding diaryl/α,β-unsaturated/α-hetero) is 1. The van der Waals surface area contributed by atoms with E-state index in [4.69, 9.17) is 4.74 Å². The van der Waals surface area contributed by atoms with E-state index in [1.165, 1.54) is 0 Å². The van der Waals surface area contributed by atoms with Crippen LogP contribution in [0, 0.1) is 10.1 Å². The molecule has 132 valence electrons. The lowest BCUT2D eigenvalue weighted by Gasteiger charge is -2.22. The highest BCUT2D eigenvalue weighted by atomic mass is 32.2. The SMILES string of the molecule is CC(=O)C(OS(=O)(=O)c1ccc([N+](=O)[O-])cc1)C(=O)OC(C)(C)C. The van der Waals surface area contributed by atoms with E-state index in [9.17, 15) is 28.1 Å². The van der Waals surface area contributed by atoms with E-state index in [1.807, 2.05) is 0 Å². The number of nitro groups is 1. The standard InChI is InChI=1S/C14H17NO8S/c1-9(16)12(13(17)22-14(2,3)4)23-24(20,21)11-7-5-10(6-8-11)15(18)19/h5-8,12H,1-4H3. The van der Waals surface area contributed by atoms with Crippen LogP contribution in [-0.2, 0) is 28.6 Å². The Morgan fingerprint density at radius 2 is 1.67 bits per heavy atom. The fourth-order valence-corrected chi connectivity index (χ4v) is 2.59. The molecule has 1 aromatic carbocycles. The lowest BCUT2D eigenvalue weighted by Crippen LogP contribution is -2.39. The summed E-state index contributed by atoms with van der Waals surface area (Å²) < 4.78 is 33.9. The molecule has 0 aliphatic heterocycles. The summed E-state index contributed by atoms with van der Waals surface area (Å²) in [6.45, 7) is 5.63. The summed E-state index contributed by atoms with van der Waals surface area (Å²) in [6, 6.07) is 3.82. The fourth-order valence-electron chi connectivity index (χ4n) is 1.55. The number of nitrogens with zero attached hydrogens (tertiary/aromatic N) is 1. The van der Waals surface area contributed by atoms with Crippen molar-refractivity contribution in [1.29, 1.82) is 0 Å². The first kappa shape index (κ1) is 19.7. The average molecular weight is 359 g/mol. The summed E-state index contributed by atoms with van der Waals surface area (Å²) >= 11 is 0. The zero-order chi connectivity index (χ0) is 18.7. The summed E-state index contributed by atoms with van der Waals surface area (Å²) in [6.07, 6.45) is -1.95. The lowest BCUT2D eigenvalue weighted by atomic mass is 10.2. The maximum absolute atomic E-state index is 12.1. The van der Waals surface area contributed by atoms with Crippen molar-refractivity contribution in [3.8, 4) is 0 Å². The largest absolute Gasteiger partial charge is 0.458 e. The van der Waals surface area contributed by atoms with Crippen molar-refractivity contribution in [2.45, 2.75) is 44.3 Å². The van der Waals surface area contributed by atoms with Gasteiger partial charge in [-0.05, 0) is 39.8 Å². The zero-order valence-electron chi connectivity index (χ0n) is 13.5. The summed E-state index contributed by atoms with van der Waals surface area (Å²) in [4.78, 5) is 32.9. The van der Waals surface area contributed by atoms with Gasteiger partial charge >= 0.3 is 5.97 Å². The number of carbonyl (C=O) groups excluding carboxylic acids is 2. The van der Waals surface area contributed by atoms with Gasteiger partial charge < -0.3 is 4.74 Å². The van der Waals surface area contributed by atoms with Crippen LogP contribution < -0.4 is 0 Å². The van der Waals surface area contributed by atoms with Gasteiger partial charge in [-0.1, -0.05) is 0 Å². The molecule has 0 fully saturated rings. The summed E-state index contributed by atoms with van der Waals surface area (Å²) in [5.74, 6) is -1.99. The Bertz CT molecular complexity index is 746. The molecule has 0 spiro atoms. The number of carbonyl (C=O) groups is 2. The molecule has 0 saturated heterocycles.